The lowest BCUT2D eigenvalue weighted by Gasteiger charge is -2.07. The van der Waals surface area contributed by atoms with E-state index in [9.17, 15) is 0 Å². The number of hydrogen-bond acceptors (Lipinski definition) is 5. The van der Waals surface area contributed by atoms with Crippen LogP contribution in [0.4, 0.5) is 0 Å². The highest BCUT2D eigenvalue weighted by atomic mass is 35.5. The van der Waals surface area contributed by atoms with Gasteiger partial charge in [-0.2, -0.15) is 0 Å². The molecule has 0 spiro atoms. The van der Waals surface area contributed by atoms with E-state index < -0.39 is 0 Å². The van der Waals surface area contributed by atoms with E-state index in [1.54, 1.807) is 18.5 Å². The molecule has 0 aliphatic rings. The Kier molecular flexibility index (Phi) is 3.75. The molecular weight excluding hydrogens is 288 g/mol. The second kappa shape index (κ2) is 5.85. The molecule has 3 rings (SSSR count). The molecule has 21 heavy (non-hydrogen) atoms. The maximum Gasteiger partial charge on any atom is 0.241 e. The summed E-state index contributed by atoms with van der Waals surface area (Å²) in [5.74, 6) is 0.928. The topological polar surface area (TPSA) is 60.8 Å². The average molecular weight is 299 g/mol. The molecular formula is C15H11ClN4O. The highest BCUT2D eigenvalue weighted by Gasteiger charge is 2.13. The quantitative estimate of drug-likeness (QED) is 0.695. The van der Waals surface area contributed by atoms with Crippen LogP contribution in [0.5, 0.6) is 5.88 Å². The van der Waals surface area contributed by atoms with E-state index in [1.165, 1.54) is 7.11 Å². The molecule has 104 valence electrons. The van der Waals surface area contributed by atoms with Crippen molar-refractivity contribution in [2.45, 2.75) is 0 Å². The molecule has 0 radical (unpaired) electrons. The summed E-state index contributed by atoms with van der Waals surface area (Å²) in [6, 6.07) is 11.2. The van der Waals surface area contributed by atoms with Crippen LogP contribution in [0.3, 0.4) is 0 Å². The Hall–Kier alpha value is -2.53. The van der Waals surface area contributed by atoms with E-state index in [4.69, 9.17) is 16.3 Å². The molecule has 0 atom stereocenters. The van der Waals surface area contributed by atoms with E-state index in [2.05, 4.69) is 19.9 Å². The predicted octanol–water partition coefficient (Wildman–Crippen LogP) is 3.26. The second-order valence-electron chi connectivity index (χ2n) is 4.18. The number of hydrogen-bond donors (Lipinski definition) is 0. The Labute approximate surface area is 126 Å². The van der Waals surface area contributed by atoms with Gasteiger partial charge in [-0.3, -0.25) is 0 Å². The van der Waals surface area contributed by atoms with E-state index in [1.807, 2.05) is 30.3 Å². The lowest BCUT2D eigenvalue weighted by atomic mass is 10.2. The zero-order chi connectivity index (χ0) is 14.7. The first-order valence-electron chi connectivity index (χ1n) is 6.23. The van der Waals surface area contributed by atoms with Crippen molar-refractivity contribution in [3.05, 3.63) is 53.9 Å². The van der Waals surface area contributed by atoms with Crippen LogP contribution < -0.4 is 4.74 Å². The van der Waals surface area contributed by atoms with E-state index in [0.717, 1.165) is 5.56 Å². The van der Waals surface area contributed by atoms with Crippen LogP contribution in [-0.4, -0.2) is 27.0 Å². The van der Waals surface area contributed by atoms with Crippen LogP contribution in [0.1, 0.15) is 0 Å². The number of nitrogens with zero attached hydrogens (tertiary/aromatic N) is 4. The maximum atomic E-state index is 6.11. The van der Waals surface area contributed by atoms with Gasteiger partial charge in [0.2, 0.25) is 5.88 Å². The third-order valence-electron chi connectivity index (χ3n) is 2.83. The van der Waals surface area contributed by atoms with Crippen molar-refractivity contribution in [2.75, 3.05) is 7.11 Å². The Balaban J connectivity index is 2.14. The van der Waals surface area contributed by atoms with Crippen molar-refractivity contribution in [1.82, 2.24) is 19.9 Å². The summed E-state index contributed by atoms with van der Waals surface area (Å²) in [6.45, 7) is 0. The van der Waals surface area contributed by atoms with Crippen LogP contribution in [0.25, 0.3) is 22.8 Å². The van der Waals surface area contributed by atoms with Gasteiger partial charge in [-0.05, 0) is 0 Å². The molecule has 2 heterocycles. The predicted molar refractivity (Wildman–Crippen MR) is 80.1 cm³/mol. The molecule has 0 fully saturated rings. The normalized spacial score (nSPS) is 10.4. The highest BCUT2D eigenvalue weighted by molar-refractivity contribution is 6.29. The smallest absolute Gasteiger partial charge is 0.241 e. The number of ether oxygens (including phenoxy) is 1. The maximum absolute atomic E-state index is 6.11. The number of benzene rings is 1. The fraction of sp³-hybridized carbons (Fsp3) is 0.0667. The Morgan fingerprint density at radius 3 is 2.52 bits per heavy atom. The second-order valence-corrected chi connectivity index (χ2v) is 4.57. The minimum atomic E-state index is 0.339. The van der Waals surface area contributed by atoms with Crippen LogP contribution in [0, 0.1) is 0 Å². The van der Waals surface area contributed by atoms with E-state index >= 15 is 0 Å². The van der Waals surface area contributed by atoms with Gasteiger partial charge in [-0.25, -0.2) is 19.9 Å². The van der Waals surface area contributed by atoms with Gasteiger partial charge in [0.1, 0.15) is 5.15 Å². The minimum absolute atomic E-state index is 0.339. The van der Waals surface area contributed by atoms with Crippen molar-refractivity contribution >= 4 is 11.6 Å². The first kappa shape index (κ1) is 13.5. The van der Waals surface area contributed by atoms with Gasteiger partial charge < -0.3 is 4.74 Å². The lowest BCUT2D eigenvalue weighted by Crippen LogP contribution is -1.98. The molecule has 2 aromatic heterocycles. The molecule has 6 heteroatoms. The molecule has 5 nitrogen and oxygen atoms in total. The SMILES string of the molecule is COc1nccnc1-c1cc(Cl)nc(-c2ccccc2)n1. The summed E-state index contributed by atoms with van der Waals surface area (Å²) in [7, 11) is 1.54. The van der Waals surface area contributed by atoms with Gasteiger partial charge in [0.15, 0.2) is 11.5 Å². The third-order valence-corrected chi connectivity index (χ3v) is 3.02. The van der Waals surface area contributed by atoms with Crippen molar-refractivity contribution < 1.29 is 4.74 Å². The third kappa shape index (κ3) is 2.83. The first-order chi connectivity index (χ1) is 10.3. The van der Waals surface area contributed by atoms with Crippen molar-refractivity contribution in [3.63, 3.8) is 0 Å². The molecule has 0 N–H and O–H groups in total. The van der Waals surface area contributed by atoms with Gasteiger partial charge in [0.05, 0.1) is 12.8 Å². The van der Waals surface area contributed by atoms with Crippen LogP contribution in [-0.2, 0) is 0 Å². The van der Waals surface area contributed by atoms with Crippen molar-refractivity contribution in [3.8, 4) is 28.7 Å². The Morgan fingerprint density at radius 2 is 1.76 bits per heavy atom. The molecule has 0 aliphatic heterocycles. The van der Waals surface area contributed by atoms with E-state index in [-0.39, 0.29) is 0 Å². The molecule has 1 aromatic carbocycles. The molecule has 0 saturated heterocycles. The summed E-state index contributed by atoms with van der Waals surface area (Å²) >= 11 is 6.11. The molecule has 0 aliphatic carbocycles. The average Bonchev–Trinajstić information content (AvgIpc) is 2.55. The molecule has 0 bridgehead atoms. The number of aromatic nitrogens is 4. The van der Waals surface area contributed by atoms with Crippen LogP contribution in [0.15, 0.2) is 48.8 Å². The standard InChI is InChI=1S/C15H11ClN4O/c1-21-15-13(17-7-8-18-15)11-9-12(16)20-14(19-11)10-5-3-2-4-6-10/h2-9H,1H3. The minimum Gasteiger partial charge on any atom is -0.479 e. The fourth-order valence-corrected chi connectivity index (χ4v) is 2.09. The zero-order valence-electron chi connectivity index (χ0n) is 11.2. The Bertz CT molecular complexity index is 765. The number of halogens is 1. The van der Waals surface area contributed by atoms with Gasteiger partial charge in [0.25, 0.3) is 0 Å². The van der Waals surface area contributed by atoms with Crippen molar-refractivity contribution in [1.29, 1.82) is 0 Å². The van der Waals surface area contributed by atoms with Crippen molar-refractivity contribution in [2.24, 2.45) is 0 Å². The zero-order valence-corrected chi connectivity index (χ0v) is 11.9. The summed E-state index contributed by atoms with van der Waals surface area (Å²) in [4.78, 5) is 17.1. The van der Waals surface area contributed by atoms with Gasteiger partial charge in [0, 0.05) is 24.0 Å². The van der Waals surface area contributed by atoms with Gasteiger partial charge >= 0.3 is 0 Å². The highest BCUT2D eigenvalue weighted by Crippen LogP contribution is 2.27. The fourth-order valence-electron chi connectivity index (χ4n) is 1.91. The lowest BCUT2D eigenvalue weighted by molar-refractivity contribution is 0.397. The number of rotatable bonds is 3. The molecule has 0 saturated carbocycles. The number of methoxy groups -OCH3 is 1. The van der Waals surface area contributed by atoms with Gasteiger partial charge in [-0.1, -0.05) is 41.9 Å². The molecule has 0 amide bonds. The molecule has 3 aromatic rings. The summed E-state index contributed by atoms with van der Waals surface area (Å²) in [5, 5.41) is 0.339. The summed E-state index contributed by atoms with van der Waals surface area (Å²) in [5.41, 5.74) is 1.98. The van der Waals surface area contributed by atoms with Gasteiger partial charge in [-0.15, -0.1) is 0 Å². The summed E-state index contributed by atoms with van der Waals surface area (Å²) < 4.78 is 5.21. The van der Waals surface area contributed by atoms with Crippen LogP contribution in [0.2, 0.25) is 5.15 Å². The first-order valence-corrected chi connectivity index (χ1v) is 6.61. The van der Waals surface area contributed by atoms with E-state index in [0.29, 0.717) is 28.2 Å². The van der Waals surface area contributed by atoms with Crippen LogP contribution >= 0.6 is 11.6 Å². The largest absolute Gasteiger partial charge is 0.479 e. The summed E-state index contributed by atoms with van der Waals surface area (Å²) in [6.07, 6.45) is 3.14. The molecule has 0 unspecified atom stereocenters. The Morgan fingerprint density at radius 1 is 1.00 bits per heavy atom. The monoisotopic (exact) mass is 298 g/mol.